The van der Waals surface area contributed by atoms with Crippen LogP contribution >= 0.6 is 0 Å². The first kappa shape index (κ1) is 20.8. The second-order valence-corrected chi connectivity index (χ2v) is 6.61. The highest BCUT2D eigenvalue weighted by atomic mass is 19.1. The molecule has 0 aliphatic carbocycles. The minimum Gasteiger partial charge on any atom is -0.482 e. The van der Waals surface area contributed by atoms with Crippen LogP contribution in [0.5, 0.6) is 5.75 Å². The zero-order valence-electron chi connectivity index (χ0n) is 16.5. The van der Waals surface area contributed by atoms with Crippen LogP contribution in [0.25, 0.3) is 5.69 Å². The predicted octanol–water partition coefficient (Wildman–Crippen LogP) is 3.91. The number of nitriles is 1. The number of carbonyl (C=O) groups is 2. The Bertz CT molecular complexity index is 1110. The summed E-state index contributed by atoms with van der Waals surface area (Å²) < 4.78 is 25.3. The number of carbonyl (C=O) groups excluding carboxylic acids is 2. The van der Waals surface area contributed by atoms with Crippen molar-refractivity contribution in [1.29, 1.82) is 5.26 Å². The lowest BCUT2D eigenvalue weighted by molar-refractivity contribution is -0.144. The van der Waals surface area contributed by atoms with E-state index >= 15 is 0 Å². The van der Waals surface area contributed by atoms with Crippen molar-refractivity contribution in [3.8, 4) is 17.5 Å². The molecule has 30 heavy (non-hydrogen) atoms. The number of benzene rings is 2. The molecule has 3 aromatic rings. The summed E-state index contributed by atoms with van der Waals surface area (Å²) in [4.78, 5) is 24.4. The molecule has 0 unspecified atom stereocenters. The van der Waals surface area contributed by atoms with Crippen molar-refractivity contribution in [2.45, 2.75) is 13.8 Å². The summed E-state index contributed by atoms with van der Waals surface area (Å²) in [5.41, 5.74) is 3.12. The molecule has 1 aromatic heterocycles. The van der Waals surface area contributed by atoms with Crippen molar-refractivity contribution < 1.29 is 23.5 Å². The van der Waals surface area contributed by atoms with E-state index in [4.69, 9.17) is 14.7 Å². The Morgan fingerprint density at radius 2 is 1.70 bits per heavy atom. The normalized spacial score (nSPS) is 10.3. The van der Waals surface area contributed by atoms with Crippen molar-refractivity contribution in [3.05, 3.63) is 82.9 Å². The molecule has 2 aromatic carbocycles. The third kappa shape index (κ3) is 4.73. The molecule has 0 aliphatic heterocycles. The van der Waals surface area contributed by atoms with Gasteiger partial charge in [-0.25, -0.2) is 9.18 Å². The smallest absolute Gasteiger partial charge is 0.344 e. The number of esters is 1. The number of aryl methyl sites for hydroxylation is 1. The van der Waals surface area contributed by atoms with Gasteiger partial charge in [0.25, 0.3) is 0 Å². The van der Waals surface area contributed by atoms with E-state index in [1.54, 1.807) is 49.4 Å². The van der Waals surface area contributed by atoms with E-state index in [2.05, 4.69) is 0 Å². The average molecular weight is 406 g/mol. The quantitative estimate of drug-likeness (QED) is 0.439. The summed E-state index contributed by atoms with van der Waals surface area (Å²) in [5.74, 6) is -0.948. The Hall–Kier alpha value is -3.92. The average Bonchev–Trinajstić information content (AvgIpc) is 3.05. The molecule has 6 nitrogen and oxygen atoms in total. The van der Waals surface area contributed by atoms with E-state index in [0.717, 1.165) is 11.4 Å². The fourth-order valence-corrected chi connectivity index (χ4v) is 3.07. The van der Waals surface area contributed by atoms with Crippen molar-refractivity contribution in [2.24, 2.45) is 0 Å². The number of Topliss-reactive ketones (excluding diaryl/α,β-unsaturated/α-hetero) is 1. The lowest BCUT2D eigenvalue weighted by Gasteiger charge is -2.10. The maximum absolute atomic E-state index is 13.2. The maximum atomic E-state index is 13.2. The molecule has 0 spiro atoms. The summed E-state index contributed by atoms with van der Waals surface area (Å²) in [6.45, 7) is 2.85. The van der Waals surface area contributed by atoms with Gasteiger partial charge in [0.05, 0.1) is 11.6 Å². The number of hydrogen-bond donors (Lipinski definition) is 0. The SMILES string of the molecule is Cc1cc(C(=O)COC(=O)COc2ccc(C#N)cc2)c(C)n1-c1ccc(F)cc1. The minimum absolute atomic E-state index is 0.340. The monoisotopic (exact) mass is 406 g/mol. The number of ketones is 1. The molecule has 1 heterocycles. The highest BCUT2D eigenvalue weighted by Crippen LogP contribution is 2.21. The number of halogens is 1. The van der Waals surface area contributed by atoms with Crippen LogP contribution in [0.1, 0.15) is 27.3 Å². The van der Waals surface area contributed by atoms with E-state index in [-0.39, 0.29) is 18.2 Å². The standard InChI is InChI=1S/C23H19FN2O4/c1-15-11-21(16(2)26(15)19-7-5-18(24)6-8-19)22(27)13-30-23(28)14-29-20-9-3-17(12-25)4-10-20/h3-11H,13-14H2,1-2H3. The van der Waals surface area contributed by atoms with Crippen molar-refractivity contribution in [1.82, 2.24) is 4.57 Å². The van der Waals surface area contributed by atoms with Gasteiger partial charge >= 0.3 is 5.97 Å². The first-order valence-electron chi connectivity index (χ1n) is 9.15. The fourth-order valence-electron chi connectivity index (χ4n) is 3.07. The number of rotatable bonds is 7. The van der Waals surface area contributed by atoms with E-state index in [0.29, 0.717) is 22.6 Å². The van der Waals surface area contributed by atoms with Crippen LogP contribution in [0.4, 0.5) is 4.39 Å². The van der Waals surface area contributed by atoms with Crippen LogP contribution in [-0.4, -0.2) is 29.5 Å². The predicted molar refractivity (Wildman–Crippen MR) is 107 cm³/mol. The largest absolute Gasteiger partial charge is 0.482 e. The zero-order valence-corrected chi connectivity index (χ0v) is 16.5. The first-order chi connectivity index (χ1) is 14.4. The van der Waals surface area contributed by atoms with Gasteiger partial charge in [0.2, 0.25) is 5.78 Å². The summed E-state index contributed by atoms with van der Waals surface area (Å²) in [6.07, 6.45) is 0. The van der Waals surface area contributed by atoms with Crippen molar-refractivity contribution in [2.75, 3.05) is 13.2 Å². The summed E-state index contributed by atoms with van der Waals surface area (Å²) in [6, 6.07) is 15.9. The molecule has 0 aliphatic rings. The topological polar surface area (TPSA) is 81.3 Å². The molecule has 3 rings (SSSR count). The Morgan fingerprint density at radius 3 is 2.33 bits per heavy atom. The van der Waals surface area contributed by atoms with Gasteiger partial charge in [-0.3, -0.25) is 4.79 Å². The summed E-state index contributed by atoms with van der Waals surface area (Å²) in [5, 5.41) is 8.76. The molecule has 0 fully saturated rings. The van der Waals surface area contributed by atoms with E-state index in [1.807, 2.05) is 17.6 Å². The van der Waals surface area contributed by atoms with Gasteiger partial charge in [0.1, 0.15) is 11.6 Å². The van der Waals surface area contributed by atoms with Gasteiger partial charge in [0, 0.05) is 22.6 Å². The molecule has 0 atom stereocenters. The molecular weight excluding hydrogens is 387 g/mol. The third-order valence-corrected chi connectivity index (χ3v) is 4.52. The van der Waals surface area contributed by atoms with E-state index in [1.165, 1.54) is 12.1 Å². The van der Waals surface area contributed by atoms with Gasteiger partial charge in [-0.1, -0.05) is 0 Å². The van der Waals surface area contributed by atoms with E-state index in [9.17, 15) is 14.0 Å². The Kier molecular flexibility index (Phi) is 6.28. The van der Waals surface area contributed by atoms with Crippen LogP contribution in [0.2, 0.25) is 0 Å². The second kappa shape index (κ2) is 9.05. The van der Waals surface area contributed by atoms with Crippen molar-refractivity contribution >= 4 is 11.8 Å². The van der Waals surface area contributed by atoms with Gasteiger partial charge in [-0.05, 0) is 68.4 Å². The van der Waals surface area contributed by atoms with Crippen LogP contribution in [0.15, 0.2) is 54.6 Å². The molecule has 0 bridgehead atoms. The fraction of sp³-hybridized carbons (Fsp3) is 0.174. The number of nitrogens with zero attached hydrogens (tertiary/aromatic N) is 2. The van der Waals surface area contributed by atoms with Crippen LogP contribution < -0.4 is 4.74 Å². The van der Waals surface area contributed by atoms with Gasteiger partial charge < -0.3 is 14.0 Å². The van der Waals surface area contributed by atoms with Crippen LogP contribution in [0.3, 0.4) is 0 Å². The first-order valence-corrected chi connectivity index (χ1v) is 9.15. The van der Waals surface area contributed by atoms with Gasteiger partial charge in [-0.2, -0.15) is 5.26 Å². The molecule has 0 saturated carbocycles. The molecule has 0 amide bonds. The molecule has 0 N–H and O–H groups in total. The Morgan fingerprint density at radius 1 is 1.03 bits per heavy atom. The van der Waals surface area contributed by atoms with Crippen molar-refractivity contribution in [3.63, 3.8) is 0 Å². The third-order valence-electron chi connectivity index (χ3n) is 4.52. The minimum atomic E-state index is -0.681. The highest BCUT2D eigenvalue weighted by Gasteiger charge is 2.18. The lowest BCUT2D eigenvalue weighted by atomic mass is 10.1. The summed E-state index contributed by atoms with van der Waals surface area (Å²) >= 11 is 0. The molecule has 7 heteroatoms. The van der Waals surface area contributed by atoms with Gasteiger partial charge in [-0.15, -0.1) is 0 Å². The molecular formula is C23H19FN2O4. The Labute approximate surface area is 173 Å². The molecule has 0 saturated heterocycles. The van der Waals surface area contributed by atoms with Gasteiger partial charge in [0.15, 0.2) is 13.2 Å². The lowest BCUT2D eigenvalue weighted by Crippen LogP contribution is -2.19. The maximum Gasteiger partial charge on any atom is 0.344 e. The van der Waals surface area contributed by atoms with Crippen LogP contribution in [-0.2, 0) is 9.53 Å². The van der Waals surface area contributed by atoms with Crippen LogP contribution in [0, 0.1) is 31.0 Å². The number of hydrogen-bond acceptors (Lipinski definition) is 5. The summed E-state index contributed by atoms with van der Waals surface area (Å²) in [7, 11) is 0. The highest BCUT2D eigenvalue weighted by molar-refractivity contribution is 5.99. The second-order valence-electron chi connectivity index (χ2n) is 6.61. The number of aromatic nitrogens is 1. The zero-order chi connectivity index (χ0) is 21.7. The Balaban J connectivity index is 1.59. The molecule has 152 valence electrons. The number of ether oxygens (including phenoxy) is 2. The van der Waals surface area contributed by atoms with E-state index < -0.39 is 12.6 Å². The molecule has 0 radical (unpaired) electrons.